The van der Waals surface area contributed by atoms with Crippen LogP contribution in [0.4, 0.5) is 0 Å². The molecule has 1 aliphatic heterocycles. The molecule has 3 N–H and O–H groups in total. The molecule has 1 saturated heterocycles. The summed E-state index contributed by atoms with van der Waals surface area (Å²) in [6.07, 6.45) is 1.77. The average molecular weight is 253 g/mol. The van der Waals surface area contributed by atoms with E-state index in [9.17, 15) is 0 Å². The molecule has 1 aliphatic rings. The van der Waals surface area contributed by atoms with Crippen LogP contribution in [0.15, 0.2) is 17.6 Å². The maximum absolute atomic E-state index is 5.78. The molecule has 1 heterocycles. The summed E-state index contributed by atoms with van der Waals surface area (Å²) in [7, 11) is 2.17. The Hall–Kier alpha value is -1.07. The summed E-state index contributed by atoms with van der Waals surface area (Å²) in [5.41, 5.74) is 5.84. The van der Waals surface area contributed by atoms with E-state index >= 15 is 0 Å². The molecule has 5 heteroatoms. The number of piperazine rings is 1. The van der Waals surface area contributed by atoms with Crippen molar-refractivity contribution < 1.29 is 0 Å². The monoisotopic (exact) mass is 253 g/mol. The average Bonchev–Trinajstić information content (AvgIpc) is 2.34. The largest absolute Gasteiger partial charge is 0.370 e. The lowest BCUT2D eigenvalue weighted by Crippen LogP contribution is -2.55. The highest BCUT2D eigenvalue weighted by Gasteiger charge is 2.28. The number of aliphatic imine (C=N–C) groups is 1. The van der Waals surface area contributed by atoms with Crippen molar-refractivity contribution in [2.75, 3.05) is 46.3 Å². The van der Waals surface area contributed by atoms with E-state index in [0.717, 1.165) is 26.2 Å². The first-order chi connectivity index (χ1) is 8.45. The van der Waals surface area contributed by atoms with Gasteiger partial charge in [0.05, 0.1) is 6.54 Å². The molecule has 0 amide bonds. The van der Waals surface area contributed by atoms with Gasteiger partial charge in [-0.05, 0) is 20.9 Å². The minimum absolute atomic E-state index is 0.0573. The Morgan fingerprint density at radius 3 is 2.56 bits per heavy atom. The van der Waals surface area contributed by atoms with Crippen molar-refractivity contribution in [2.45, 2.75) is 19.4 Å². The van der Waals surface area contributed by atoms with E-state index in [-0.39, 0.29) is 5.54 Å². The van der Waals surface area contributed by atoms with E-state index in [0.29, 0.717) is 19.0 Å². The van der Waals surface area contributed by atoms with Gasteiger partial charge in [-0.2, -0.15) is 0 Å². The zero-order valence-corrected chi connectivity index (χ0v) is 11.9. The van der Waals surface area contributed by atoms with Crippen molar-refractivity contribution in [3.8, 4) is 0 Å². The van der Waals surface area contributed by atoms with Gasteiger partial charge >= 0.3 is 0 Å². The maximum Gasteiger partial charge on any atom is 0.188 e. The minimum Gasteiger partial charge on any atom is -0.370 e. The van der Waals surface area contributed by atoms with Crippen LogP contribution in [-0.4, -0.2) is 67.6 Å². The molecule has 0 unspecified atom stereocenters. The molecule has 0 spiro atoms. The Kier molecular flexibility index (Phi) is 5.62. The Balaban J connectivity index is 2.45. The SMILES string of the molecule is C=CCNC(N)=NCC(C)(C)N1CCN(C)CC1. The normalized spacial score (nSPS) is 19.8. The van der Waals surface area contributed by atoms with Gasteiger partial charge in [0.2, 0.25) is 0 Å². The number of nitrogens with two attached hydrogens (primary N) is 1. The first kappa shape index (κ1) is 15.0. The van der Waals surface area contributed by atoms with Crippen molar-refractivity contribution in [1.29, 1.82) is 0 Å². The van der Waals surface area contributed by atoms with Gasteiger partial charge in [-0.1, -0.05) is 6.08 Å². The lowest BCUT2D eigenvalue weighted by atomic mass is 10.0. The highest BCUT2D eigenvalue weighted by atomic mass is 15.3. The maximum atomic E-state index is 5.78. The molecule has 5 nitrogen and oxygen atoms in total. The van der Waals surface area contributed by atoms with Crippen molar-refractivity contribution >= 4 is 5.96 Å². The van der Waals surface area contributed by atoms with Crippen LogP contribution in [0.3, 0.4) is 0 Å². The van der Waals surface area contributed by atoms with Crippen molar-refractivity contribution in [1.82, 2.24) is 15.1 Å². The topological polar surface area (TPSA) is 56.9 Å². The molecule has 0 bridgehead atoms. The van der Waals surface area contributed by atoms with E-state index in [1.165, 1.54) is 0 Å². The predicted molar refractivity (Wildman–Crippen MR) is 77.8 cm³/mol. The highest BCUT2D eigenvalue weighted by molar-refractivity contribution is 5.77. The molecule has 1 rings (SSSR count). The van der Waals surface area contributed by atoms with Crippen LogP contribution in [-0.2, 0) is 0 Å². The van der Waals surface area contributed by atoms with Crippen molar-refractivity contribution in [3.05, 3.63) is 12.7 Å². The molecular formula is C13H27N5. The van der Waals surface area contributed by atoms with Gasteiger partial charge in [0.25, 0.3) is 0 Å². The fourth-order valence-corrected chi connectivity index (χ4v) is 2.02. The first-order valence-corrected chi connectivity index (χ1v) is 6.54. The van der Waals surface area contributed by atoms with Gasteiger partial charge in [0.15, 0.2) is 5.96 Å². The fourth-order valence-electron chi connectivity index (χ4n) is 2.02. The number of nitrogens with one attached hydrogen (secondary N) is 1. The zero-order chi connectivity index (χ0) is 13.6. The third-order valence-electron chi connectivity index (χ3n) is 3.42. The van der Waals surface area contributed by atoms with Gasteiger partial charge in [-0.25, -0.2) is 0 Å². The molecule has 0 aliphatic carbocycles. The standard InChI is InChI=1S/C13H27N5/c1-5-6-15-12(14)16-11-13(2,3)18-9-7-17(4)8-10-18/h5H,1,6-11H2,2-4H3,(H3,14,15,16). The number of rotatable bonds is 5. The van der Waals surface area contributed by atoms with Crippen LogP contribution in [0.1, 0.15) is 13.8 Å². The Labute approximate surface area is 111 Å². The molecule has 0 aromatic carbocycles. The lowest BCUT2D eigenvalue weighted by Gasteiger charge is -2.42. The third kappa shape index (κ3) is 4.66. The summed E-state index contributed by atoms with van der Waals surface area (Å²) in [4.78, 5) is 9.25. The second kappa shape index (κ2) is 6.75. The van der Waals surface area contributed by atoms with E-state index in [4.69, 9.17) is 5.73 Å². The first-order valence-electron chi connectivity index (χ1n) is 6.54. The number of guanidine groups is 1. The Bertz CT molecular complexity index is 290. The summed E-state index contributed by atoms with van der Waals surface area (Å²) >= 11 is 0. The fraction of sp³-hybridized carbons (Fsp3) is 0.769. The molecule has 0 saturated carbocycles. The van der Waals surface area contributed by atoms with E-state index in [2.05, 4.69) is 47.6 Å². The zero-order valence-electron chi connectivity index (χ0n) is 11.9. The van der Waals surface area contributed by atoms with Crippen LogP contribution in [0.25, 0.3) is 0 Å². The molecule has 18 heavy (non-hydrogen) atoms. The van der Waals surface area contributed by atoms with Crippen LogP contribution < -0.4 is 11.1 Å². The van der Waals surface area contributed by atoms with Gasteiger partial charge in [0, 0.05) is 38.3 Å². The van der Waals surface area contributed by atoms with Crippen LogP contribution >= 0.6 is 0 Å². The lowest BCUT2D eigenvalue weighted by molar-refractivity contribution is 0.0677. The Morgan fingerprint density at radius 2 is 2.00 bits per heavy atom. The van der Waals surface area contributed by atoms with Gasteiger partial charge < -0.3 is 16.0 Å². The van der Waals surface area contributed by atoms with Crippen LogP contribution in [0, 0.1) is 0 Å². The number of likely N-dealkylation sites (N-methyl/N-ethyl adjacent to an activating group) is 1. The number of hydrogen-bond donors (Lipinski definition) is 2. The van der Waals surface area contributed by atoms with Crippen LogP contribution in [0.2, 0.25) is 0 Å². The van der Waals surface area contributed by atoms with Crippen molar-refractivity contribution in [2.24, 2.45) is 10.7 Å². The van der Waals surface area contributed by atoms with E-state index in [1.807, 2.05) is 0 Å². The Morgan fingerprint density at radius 1 is 1.39 bits per heavy atom. The number of nitrogens with zero attached hydrogens (tertiary/aromatic N) is 3. The third-order valence-corrected chi connectivity index (χ3v) is 3.42. The smallest absolute Gasteiger partial charge is 0.188 e. The second-order valence-corrected chi connectivity index (χ2v) is 5.47. The van der Waals surface area contributed by atoms with Crippen molar-refractivity contribution in [3.63, 3.8) is 0 Å². The summed E-state index contributed by atoms with van der Waals surface area (Å²) in [6, 6.07) is 0. The quantitative estimate of drug-likeness (QED) is 0.415. The summed E-state index contributed by atoms with van der Waals surface area (Å²) < 4.78 is 0. The van der Waals surface area contributed by atoms with Crippen LogP contribution in [0.5, 0.6) is 0 Å². The van der Waals surface area contributed by atoms with Gasteiger partial charge in [-0.3, -0.25) is 9.89 Å². The van der Waals surface area contributed by atoms with Gasteiger partial charge in [-0.15, -0.1) is 6.58 Å². The second-order valence-electron chi connectivity index (χ2n) is 5.47. The summed E-state index contributed by atoms with van der Waals surface area (Å²) in [5, 5.41) is 3.00. The minimum atomic E-state index is 0.0573. The van der Waals surface area contributed by atoms with Gasteiger partial charge in [0.1, 0.15) is 0 Å². The van der Waals surface area contributed by atoms with E-state index in [1.54, 1.807) is 6.08 Å². The molecule has 0 radical (unpaired) electrons. The number of hydrogen-bond acceptors (Lipinski definition) is 3. The van der Waals surface area contributed by atoms with E-state index < -0.39 is 0 Å². The molecule has 1 fully saturated rings. The molecular weight excluding hydrogens is 226 g/mol. The predicted octanol–water partition coefficient (Wildman–Crippen LogP) is 0.103. The highest BCUT2D eigenvalue weighted by Crippen LogP contribution is 2.16. The molecule has 104 valence electrons. The molecule has 0 atom stereocenters. The summed E-state index contributed by atoms with van der Waals surface area (Å²) in [5.74, 6) is 0.497. The molecule has 0 aromatic rings. The summed E-state index contributed by atoms with van der Waals surface area (Å²) in [6.45, 7) is 13.9. The molecule has 0 aromatic heterocycles.